The summed E-state index contributed by atoms with van der Waals surface area (Å²) < 4.78 is 12.9. The fraction of sp³-hybridized carbons (Fsp3) is 0.474. The van der Waals surface area contributed by atoms with Crippen molar-refractivity contribution in [2.75, 3.05) is 26.9 Å². The first-order valence-electron chi connectivity index (χ1n) is 8.70. The van der Waals surface area contributed by atoms with Crippen molar-refractivity contribution in [1.29, 1.82) is 0 Å². The Labute approximate surface area is 148 Å². The summed E-state index contributed by atoms with van der Waals surface area (Å²) in [5.74, 6) is 1.03. The van der Waals surface area contributed by atoms with E-state index in [0.29, 0.717) is 32.7 Å². The van der Waals surface area contributed by atoms with Gasteiger partial charge in [0.05, 0.1) is 37.8 Å². The summed E-state index contributed by atoms with van der Waals surface area (Å²) in [4.78, 5) is 18.8. The lowest BCUT2D eigenvalue weighted by molar-refractivity contribution is -0.133. The molecule has 1 atom stereocenters. The Kier molecular flexibility index (Phi) is 5.71. The molecular formula is C19H25N3O3. The molecule has 0 bridgehead atoms. The van der Waals surface area contributed by atoms with Crippen LogP contribution in [0.5, 0.6) is 5.75 Å². The van der Waals surface area contributed by atoms with E-state index in [0.717, 1.165) is 23.4 Å². The summed E-state index contributed by atoms with van der Waals surface area (Å²) >= 11 is 0. The standard InChI is InChI=1S/C19H25N3O3/c1-3-25-18-7-4-15(5-8-18)6-9-19(23)21-11-16-10-20-14-22(16)17(12-21)13-24-2/h4-5,7-8,10,14,17H,3,6,9,11-13H2,1-2H3/t17-/m1/s1. The SMILES string of the molecule is CCOc1ccc(CCC(=O)N2Cc3cncn3[C@@H](COC)C2)cc1. The largest absolute Gasteiger partial charge is 0.494 e. The number of nitrogens with zero attached hydrogens (tertiary/aromatic N) is 3. The highest BCUT2D eigenvalue weighted by molar-refractivity contribution is 5.76. The molecule has 3 rings (SSSR count). The molecule has 1 aliphatic rings. The van der Waals surface area contributed by atoms with E-state index < -0.39 is 0 Å². The van der Waals surface area contributed by atoms with Gasteiger partial charge in [0, 0.05) is 26.3 Å². The Morgan fingerprint density at radius 2 is 2.12 bits per heavy atom. The van der Waals surface area contributed by atoms with Gasteiger partial charge in [0.25, 0.3) is 0 Å². The maximum atomic E-state index is 12.7. The predicted molar refractivity (Wildman–Crippen MR) is 94.5 cm³/mol. The summed E-state index contributed by atoms with van der Waals surface area (Å²) in [6.07, 6.45) is 4.88. The van der Waals surface area contributed by atoms with E-state index in [2.05, 4.69) is 9.55 Å². The maximum Gasteiger partial charge on any atom is 0.223 e. The van der Waals surface area contributed by atoms with Crippen molar-refractivity contribution in [3.8, 4) is 5.75 Å². The minimum Gasteiger partial charge on any atom is -0.494 e. The first-order valence-corrected chi connectivity index (χ1v) is 8.70. The van der Waals surface area contributed by atoms with E-state index in [1.807, 2.05) is 48.6 Å². The molecule has 25 heavy (non-hydrogen) atoms. The number of aryl methyl sites for hydroxylation is 1. The van der Waals surface area contributed by atoms with Crippen LogP contribution in [-0.4, -0.2) is 47.2 Å². The smallest absolute Gasteiger partial charge is 0.223 e. The number of fused-ring (bicyclic) bond motifs is 1. The van der Waals surface area contributed by atoms with Crippen molar-refractivity contribution in [3.05, 3.63) is 48.0 Å². The third kappa shape index (κ3) is 4.20. The van der Waals surface area contributed by atoms with Crippen LogP contribution in [0.25, 0.3) is 0 Å². The molecule has 0 unspecified atom stereocenters. The van der Waals surface area contributed by atoms with Crippen molar-refractivity contribution in [1.82, 2.24) is 14.5 Å². The molecule has 0 aliphatic carbocycles. The van der Waals surface area contributed by atoms with Crippen molar-refractivity contribution < 1.29 is 14.3 Å². The number of amides is 1. The molecule has 0 spiro atoms. The third-order valence-corrected chi connectivity index (χ3v) is 4.50. The number of carbonyl (C=O) groups excluding carboxylic acids is 1. The second-order valence-electron chi connectivity index (χ2n) is 6.25. The molecule has 0 fully saturated rings. The van der Waals surface area contributed by atoms with E-state index in [1.165, 1.54) is 0 Å². The third-order valence-electron chi connectivity index (χ3n) is 4.50. The molecule has 1 aliphatic heterocycles. The number of methoxy groups -OCH3 is 1. The van der Waals surface area contributed by atoms with Gasteiger partial charge in [-0.3, -0.25) is 4.79 Å². The van der Waals surface area contributed by atoms with Crippen LogP contribution in [0, 0.1) is 0 Å². The van der Waals surface area contributed by atoms with Gasteiger partial charge < -0.3 is 18.9 Å². The molecule has 2 heterocycles. The molecule has 6 nitrogen and oxygen atoms in total. The van der Waals surface area contributed by atoms with Crippen molar-refractivity contribution in [3.63, 3.8) is 0 Å². The number of ether oxygens (including phenoxy) is 2. The van der Waals surface area contributed by atoms with Crippen molar-refractivity contribution >= 4 is 5.91 Å². The topological polar surface area (TPSA) is 56.6 Å². The second-order valence-corrected chi connectivity index (χ2v) is 6.25. The van der Waals surface area contributed by atoms with Crippen LogP contribution in [0.15, 0.2) is 36.8 Å². The summed E-state index contributed by atoms with van der Waals surface area (Å²) in [6, 6.07) is 8.09. The van der Waals surface area contributed by atoms with Gasteiger partial charge >= 0.3 is 0 Å². The van der Waals surface area contributed by atoms with Gasteiger partial charge in [0.1, 0.15) is 5.75 Å². The molecule has 6 heteroatoms. The summed E-state index contributed by atoms with van der Waals surface area (Å²) in [5.41, 5.74) is 2.20. The lowest BCUT2D eigenvalue weighted by Crippen LogP contribution is -2.42. The van der Waals surface area contributed by atoms with Gasteiger partial charge in [-0.15, -0.1) is 0 Å². The number of benzene rings is 1. The van der Waals surface area contributed by atoms with E-state index >= 15 is 0 Å². The molecule has 0 saturated heterocycles. The lowest BCUT2D eigenvalue weighted by atomic mass is 10.1. The van der Waals surface area contributed by atoms with Crippen LogP contribution in [0.4, 0.5) is 0 Å². The van der Waals surface area contributed by atoms with Crippen molar-refractivity contribution in [2.24, 2.45) is 0 Å². The Bertz CT molecular complexity index is 696. The molecule has 1 aromatic carbocycles. The van der Waals surface area contributed by atoms with Gasteiger partial charge in [0.15, 0.2) is 0 Å². The normalized spacial score (nSPS) is 16.6. The number of carbonyl (C=O) groups is 1. The quantitative estimate of drug-likeness (QED) is 0.775. The average Bonchev–Trinajstić information content (AvgIpc) is 3.10. The van der Waals surface area contributed by atoms with Crippen LogP contribution in [0.1, 0.15) is 30.6 Å². The fourth-order valence-corrected chi connectivity index (χ4v) is 3.23. The zero-order chi connectivity index (χ0) is 17.6. The zero-order valence-corrected chi connectivity index (χ0v) is 14.9. The molecule has 0 radical (unpaired) electrons. The highest BCUT2D eigenvalue weighted by Crippen LogP contribution is 2.22. The minimum atomic E-state index is 0.130. The van der Waals surface area contributed by atoms with Crippen LogP contribution in [0.3, 0.4) is 0 Å². The summed E-state index contributed by atoms with van der Waals surface area (Å²) in [5, 5.41) is 0. The molecule has 0 N–H and O–H groups in total. The van der Waals surface area contributed by atoms with Gasteiger partial charge in [0.2, 0.25) is 5.91 Å². The van der Waals surface area contributed by atoms with Crippen LogP contribution >= 0.6 is 0 Å². The van der Waals surface area contributed by atoms with Gasteiger partial charge in [-0.2, -0.15) is 0 Å². The van der Waals surface area contributed by atoms with Crippen LogP contribution < -0.4 is 4.74 Å². The van der Waals surface area contributed by atoms with Crippen molar-refractivity contribution in [2.45, 2.75) is 32.4 Å². The first-order chi connectivity index (χ1) is 12.2. The Morgan fingerprint density at radius 1 is 1.32 bits per heavy atom. The highest BCUT2D eigenvalue weighted by Gasteiger charge is 2.27. The van der Waals surface area contributed by atoms with E-state index in [4.69, 9.17) is 9.47 Å². The average molecular weight is 343 g/mol. The Balaban J connectivity index is 1.58. The predicted octanol–water partition coefficient (Wildman–Crippen LogP) is 2.44. The zero-order valence-electron chi connectivity index (χ0n) is 14.9. The fourth-order valence-electron chi connectivity index (χ4n) is 3.23. The number of hydrogen-bond donors (Lipinski definition) is 0. The molecule has 2 aromatic rings. The highest BCUT2D eigenvalue weighted by atomic mass is 16.5. The maximum absolute atomic E-state index is 12.7. The van der Waals surface area contributed by atoms with E-state index in [1.54, 1.807) is 7.11 Å². The van der Waals surface area contributed by atoms with E-state index in [-0.39, 0.29) is 11.9 Å². The first kappa shape index (κ1) is 17.5. The molecule has 1 aromatic heterocycles. The van der Waals surface area contributed by atoms with Gasteiger partial charge in [-0.25, -0.2) is 4.98 Å². The Morgan fingerprint density at radius 3 is 2.84 bits per heavy atom. The van der Waals surface area contributed by atoms with Gasteiger partial charge in [-0.1, -0.05) is 12.1 Å². The molecule has 0 saturated carbocycles. The summed E-state index contributed by atoms with van der Waals surface area (Å²) in [7, 11) is 1.68. The number of hydrogen-bond acceptors (Lipinski definition) is 4. The minimum absolute atomic E-state index is 0.130. The lowest BCUT2D eigenvalue weighted by Gasteiger charge is -2.34. The molecule has 134 valence electrons. The van der Waals surface area contributed by atoms with Gasteiger partial charge in [-0.05, 0) is 31.0 Å². The molecular weight excluding hydrogens is 318 g/mol. The van der Waals surface area contributed by atoms with E-state index in [9.17, 15) is 4.79 Å². The monoisotopic (exact) mass is 343 g/mol. The number of rotatable bonds is 7. The second kappa shape index (κ2) is 8.16. The Hall–Kier alpha value is -2.34. The summed E-state index contributed by atoms with van der Waals surface area (Å²) in [6.45, 7) is 4.48. The number of imidazole rings is 1. The van der Waals surface area contributed by atoms with Crippen LogP contribution in [-0.2, 0) is 22.5 Å². The number of aromatic nitrogens is 2. The molecule has 1 amide bonds. The van der Waals surface area contributed by atoms with Crippen LogP contribution in [0.2, 0.25) is 0 Å².